The maximum atomic E-state index is 6.00. The molecule has 5 rings (SSSR count). The Bertz CT molecular complexity index is 1260. The van der Waals surface area contributed by atoms with Crippen molar-refractivity contribution < 1.29 is 9.47 Å². The van der Waals surface area contributed by atoms with Gasteiger partial charge in [0.25, 0.3) is 0 Å². The fourth-order valence-electron chi connectivity index (χ4n) is 5.31. The van der Waals surface area contributed by atoms with Gasteiger partial charge in [0.05, 0.1) is 18.6 Å². The van der Waals surface area contributed by atoms with E-state index in [4.69, 9.17) is 9.47 Å². The number of halogens is 1. The summed E-state index contributed by atoms with van der Waals surface area (Å²) in [6.45, 7) is 5.87. The summed E-state index contributed by atoms with van der Waals surface area (Å²) in [6.07, 6.45) is 4.38. The molecule has 0 aromatic heterocycles. The van der Waals surface area contributed by atoms with E-state index in [1.807, 2.05) is 0 Å². The van der Waals surface area contributed by atoms with Crippen LogP contribution in [0.25, 0.3) is 11.1 Å². The van der Waals surface area contributed by atoms with E-state index in [2.05, 4.69) is 121 Å². The molecule has 4 aromatic rings. The Morgan fingerprint density at radius 2 is 1.14 bits per heavy atom. The van der Waals surface area contributed by atoms with Crippen LogP contribution >= 0.6 is 15.9 Å². The predicted molar refractivity (Wildman–Crippen MR) is 152 cm³/mol. The van der Waals surface area contributed by atoms with E-state index < -0.39 is 5.41 Å². The predicted octanol–water partition coefficient (Wildman–Crippen LogP) is 9.17. The van der Waals surface area contributed by atoms with Gasteiger partial charge in [-0.25, -0.2) is 0 Å². The largest absolute Gasteiger partial charge is 0.494 e. The average molecular weight is 542 g/mol. The number of unbranched alkanes of at least 4 members (excludes halogenated alkanes) is 2. The first-order valence-electron chi connectivity index (χ1n) is 13.0. The second-order valence-electron chi connectivity index (χ2n) is 9.44. The number of benzene rings is 4. The van der Waals surface area contributed by atoms with E-state index in [0.29, 0.717) is 0 Å². The number of hydrogen-bond acceptors (Lipinski definition) is 2. The van der Waals surface area contributed by atoms with Crippen molar-refractivity contribution in [2.45, 2.75) is 44.9 Å². The van der Waals surface area contributed by atoms with Crippen LogP contribution in [0.15, 0.2) is 95.5 Å². The Kier molecular flexibility index (Phi) is 7.48. The quantitative estimate of drug-likeness (QED) is 0.164. The van der Waals surface area contributed by atoms with Gasteiger partial charge in [0.15, 0.2) is 0 Å². The van der Waals surface area contributed by atoms with E-state index in [1.54, 1.807) is 0 Å². The molecular weight excluding hydrogens is 508 g/mol. The van der Waals surface area contributed by atoms with Gasteiger partial charge >= 0.3 is 0 Å². The molecule has 0 heterocycles. The van der Waals surface area contributed by atoms with Gasteiger partial charge in [-0.3, -0.25) is 0 Å². The summed E-state index contributed by atoms with van der Waals surface area (Å²) in [5.74, 6) is 1.84. The minimum atomic E-state index is -0.431. The normalized spacial score (nSPS) is 13.2. The molecule has 0 spiro atoms. The van der Waals surface area contributed by atoms with Crippen LogP contribution in [0.2, 0.25) is 0 Å². The van der Waals surface area contributed by atoms with Crippen molar-refractivity contribution in [3.05, 3.63) is 118 Å². The SMILES string of the molecule is CCCCOc1ccc(C2(c3ccc(OCCCC)cc3)c3ccccc3-c3ccc(Br)cc32)cc1. The van der Waals surface area contributed by atoms with Crippen molar-refractivity contribution in [1.29, 1.82) is 0 Å². The third-order valence-electron chi connectivity index (χ3n) is 7.11. The molecule has 0 saturated heterocycles. The minimum Gasteiger partial charge on any atom is -0.494 e. The summed E-state index contributed by atoms with van der Waals surface area (Å²) < 4.78 is 13.1. The van der Waals surface area contributed by atoms with Crippen LogP contribution in [0.1, 0.15) is 61.8 Å². The topological polar surface area (TPSA) is 18.5 Å². The summed E-state index contributed by atoms with van der Waals surface area (Å²) in [7, 11) is 0. The second-order valence-corrected chi connectivity index (χ2v) is 10.4. The lowest BCUT2D eigenvalue weighted by molar-refractivity contribution is 0.309. The monoisotopic (exact) mass is 540 g/mol. The number of fused-ring (bicyclic) bond motifs is 3. The zero-order valence-corrected chi connectivity index (χ0v) is 22.7. The summed E-state index contributed by atoms with van der Waals surface area (Å²) in [6, 6.07) is 32.9. The summed E-state index contributed by atoms with van der Waals surface area (Å²) in [5.41, 5.74) is 7.19. The summed E-state index contributed by atoms with van der Waals surface area (Å²) in [4.78, 5) is 0. The highest BCUT2D eigenvalue weighted by atomic mass is 79.9. The fraction of sp³-hybridized carbons (Fsp3) is 0.273. The smallest absolute Gasteiger partial charge is 0.119 e. The van der Waals surface area contributed by atoms with Crippen molar-refractivity contribution in [3.63, 3.8) is 0 Å². The molecule has 184 valence electrons. The van der Waals surface area contributed by atoms with E-state index in [-0.39, 0.29) is 0 Å². The zero-order chi connectivity index (χ0) is 25.0. The van der Waals surface area contributed by atoms with Gasteiger partial charge in [-0.2, -0.15) is 0 Å². The summed E-state index contributed by atoms with van der Waals surface area (Å²) >= 11 is 3.76. The van der Waals surface area contributed by atoms with Crippen LogP contribution in [0.4, 0.5) is 0 Å². The fourth-order valence-corrected chi connectivity index (χ4v) is 5.67. The molecule has 0 bridgehead atoms. The van der Waals surface area contributed by atoms with E-state index in [1.165, 1.54) is 33.4 Å². The highest BCUT2D eigenvalue weighted by Gasteiger charge is 2.46. The maximum absolute atomic E-state index is 6.00. The van der Waals surface area contributed by atoms with Crippen molar-refractivity contribution in [2.75, 3.05) is 13.2 Å². The first kappa shape index (κ1) is 24.6. The van der Waals surface area contributed by atoms with E-state index >= 15 is 0 Å². The summed E-state index contributed by atoms with van der Waals surface area (Å²) in [5, 5.41) is 0. The van der Waals surface area contributed by atoms with Crippen LogP contribution < -0.4 is 9.47 Å². The first-order chi connectivity index (χ1) is 17.7. The van der Waals surface area contributed by atoms with Gasteiger partial charge in [-0.1, -0.05) is 97.2 Å². The molecule has 4 aromatic carbocycles. The molecule has 0 atom stereocenters. The molecule has 0 fully saturated rings. The number of rotatable bonds is 10. The molecule has 0 unspecified atom stereocenters. The Morgan fingerprint density at radius 1 is 0.611 bits per heavy atom. The van der Waals surface area contributed by atoms with Crippen LogP contribution in [-0.4, -0.2) is 13.2 Å². The highest BCUT2D eigenvalue weighted by molar-refractivity contribution is 9.10. The molecule has 1 aliphatic carbocycles. The second kappa shape index (κ2) is 10.9. The average Bonchev–Trinajstić information content (AvgIpc) is 3.20. The third-order valence-corrected chi connectivity index (χ3v) is 7.61. The van der Waals surface area contributed by atoms with Crippen LogP contribution in [-0.2, 0) is 5.41 Å². The molecule has 36 heavy (non-hydrogen) atoms. The molecule has 0 saturated carbocycles. The Morgan fingerprint density at radius 3 is 1.69 bits per heavy atom. The highest BCUT2D eigenvalue weighted by Crippen LogP contribution is 2.56. The van der Waals surface area contributed by atoms with Gasteiger partial charge in [0.1, 0.15) is 11.5 Å². The molecule has 0 aliphatic heterocycles. The molecule has 0 N–H and O–H groups in total. The Balaban J connectivity index is 1.67. The van der Waals surface area contributed by atoms with E-state index in [9.17, 15) is 0 Å². The molecule has 0 radical (unpaired) electrons. The van der Waals surface area contributed by atoms with E-state index in [0.717, 1.165) is 54.9 Å². The van der Waals surface area contributed by atoms with Crippen LogP contribution in [0, 0.1) is 0 Å². The van der Waals surface area contributed by atoms with Crippen molar-refractivity contribution in [3.8, 4) is 22.6 Å². The van der Waals surface area contributed by atoms with Gasteiger partial charge in [0.2, 0.25) is 0 Å². The first-order valence-corrected chi connectivity index (χ1v) is 13.8. The molecule has 0 amide bonds. The van der Waals surface area contributed by atoms with Gasteiger partial charge in [-0.15, -0.1) is 0 Å². The van der Waals surface area contributed by atoms with Crippen LogP contribution in [0.5, 0.6) is 11.5 Å². The third kappa shape index (κ3) is 4.46. The van der Waals surface area contributed by atoms with Crippen molar-refractivity contribution in [1.82, 2.24) is 0 Å². The van der Waals surface area contributed by atoms with Crippen molar-refractivity contribution in [2.24, 2.45) is 0 Å². The minimum absolute atomic E-state index is 0.431. The molecule has 3 heteroatoms. The Hall–Kier alpha value is -3.04. The van der Waals surface area contributed by atoms with Gasteiger partial charge in [-0.05, 0) is 82.6 Å². The lowest BCUT2D eigenvalue weighted by atomic mass is 9.68. The standard InChI is InChI=1S/C33H33BrO2/c1-3-5-21-35-27-16-11-24(12-17-27)33(25-13-18-28(19-14-25)36-22-6-4-2)31-10-8-7-9-29(31)30-20-15-26(34)23-32(30)33/h7-20,23H,3-6,21-22H2,1-2H3. The van der Waals surface area contributed by atoms with Gasteiger partial charge < -0.3 is 9.47 Å². The molecular formula is C33H33BrO2. The molecule has 2 nitrogen and oxygen atoms in total. The number of hydrogen-bond donors (Lipinski definition) is 0. The number of ether oxygens (including phenoxy) is 2. The lowest BCUT2D eigenvalue weighted by Gasteiger charge is -2.34. The van der Waals surface area contributed by atoms with Crippen LogP contribution in [0.3, 0.4) is 0 Å². The van der Waals surface area contributed by atoms with Crippen molar-refractivity contribution >= 4 is 15.9 Å². The molecule has 1 aliphatic rings. The maximum Gasteiger partial charge on any atom is 0.119 e. The zero-order valence-electron chi connectivity index (χ0n) is 21.1. The Labute approximate surface area is 223 Å². The lowest BCUT2D eigenvalue weighted by Crippen LogP contribution is -2.28. The van der Waals surface area contributed by atoms with Gasteiger partial charge in [0, 0.05) is 4.47 Å².